The molecular formula is C9H10BrClO2. The molecule has 1 atom stereocenters. The van der Waals surface area contributed by atoms with Crippen LogP contribution in [0.1, 0.15) is 6.92 Å². The minimum absolute atomic E-state index is 0.0250. The summed E-state index contributed by atoms with van der Waals surface area (Å²) in [6.45, 7) is 1.75. The van der Waals surface area contributed by atoms with E-state index >= 15 is 0 Å². The van der Waals surface area contributed by atoms with E-state index in [-0.39, 0.29) is 12.7 Å². The highest BCUT2D eigenvalue weighted by molar-refractivity contribution is 9.10. The van der Waals surface area contributed by atoms with E-state index in [0.29, 0.717) is 10.8 Å². The largest absolute Gasteiger partial charge is 0.487 e. The molecule has 2 nitrogen and oxygen atoms in total. The van der Waals surface area contributed by atoms with Crippen molar-refractivity contribution in [3.05, 3.63) is 27.7 Å². The van der Waals surface area contributed by atoms with Crippen molar-refractivity contribution in [3.8, 4) is 5.75 Å². The average molecular weight is 266 g/mol. The fourth-order valence-corrected chi connectivity index (χ4v) is 1.32. The summed E-state index contributed by atoms with van der Waals surface area (Å²) in [5.74, 6) is 0.581. The van der Waals surface area contributed by atoms with Crippen LogP contribution in [-0.4, -0.2) is 17.8 Å². The van der Waals surface area contributed by atoms with Crippen LogP contribution in [0.5, 0.6) is 5.75 Å². The molecule has 0 aromatic heterocycles. The first-order valence-electron chi connectivity index (χ1n) is 3.86. The maximum Gasteiger partial charge on any atom is 0.139 e. The van der Waals surface area contributed by atoms with Gasteiger partial charge in [0, 0.05) is 4.47 Å². The lowest BCUT2D eigenvalue weighted by Crippen LogP contribution is -2.16. The molecule has 0 saturated heterocycles. The summed E-state index contributed by atoms with van der Waals surface area (Å²) in [5, 5.41) is 9.32. The molecule has 1 rings (SSSR count). The highest BCUT2D eigenvalue weighted by Crippen LogP contribution is 2.28. The van der Waals surface area contributed by atoms with Gasteiger partial charge < -0.3 is 9.84 Å². The van der Waals surface area contributed by atoms with Gasteiger partial charge in [-0.25, -0.2) is 0 Å². The molecule has 1 unspecified atom stereocenters. The maximum absolute atomic E-state index is 8.78. The number of rotatable bonds is 3. The number of hydrogen-bond donors (Lipinski definition) is 1. The second-order valence-corrected chi connectivity index (χ2v) is 4.01. The Morgan fingerprint density at radius 3 is 2.92 bits per heavy atom. The highest BCUT2D eigenvalue weighted by atomic mass is 79.9. The molecule has 1 aromatic carbocycles. The third-order valence-corrected chi connectivity index (χ3v) is 2.28. The highest BCUT2D eigenvalue weighted by Gasteiger charge is 2.06. The molecule has 4 heteroatoms. The third kappa shape index (κ3) is 3.18. The van der Waals surface area contributed by atoms with Crippen molar-refractivity contribution < 1.29 is 9.84 Å². The minimum Gasteiger partial charge on any atom is -0.487 e. The molecule has 0 saturated carbocycles. The molecule has 0 amide bonds. The third-order valence-electron chi connectivity index (χ3n) is 1.48. The van der Waals surface area contributed by atoms with E-state index in [1.165, 1.54) is 0 Å². The van der Waals surface area contributed by atoms with Gasteiger partial charge in [0.15, 0.2) is 0 Å². The molecule has 0 fully saturated rings. The van der Waals surface area contributed by atoms with Gasteiger partial charge in [0.05, 0.1) is 11.6 Å². The minimum atomic E-state index is -0.244. The van der Waals surface area contributed by atoms with Crippen LogP contribution < -0.4 is 4.74 Å². The molecule has 0 aliphatic carbocycles. The van der Waals surface area contributed by atoms with E-state index < -0.39 is 0 Å². The molecule has 0 aliphatic rings. The summed E-state index contributed by atoms with van der Waals surface area (Å²) >= 11 is 9.18. The second-order valence-electron chi connectivity index (χ2n) is 2.69. The van der Waals surface area contributed by atoms with E-state index in [1.54, 1.807) is 19.1 Å². The number of hydrogen-bond acceptors (Lipinski definition) is 2. The second kappa shape index (κ2) is 4.84. The summed E-state index contributed by atoms with van der Waals surface area (Å²) in [7, 11) is 0. The van der Waals surface area contributed by atoms with E-state index in [1.807, 2.05) is 6.07 Å². The lowest BCUT2D eigenvalue weighted by molar-refractivity contribution is 0.130. The molecule has 0 heterocycles. The zero-order chi connectivity index (χ0) is 9.84. The molecule has 72 valence electrons. The molecule has 13 heavy (non-hydrogen) atoms. The summed E-state index contributed by atoms with van der Waals surface area (Å²) in [4.78, 5) is 0. The average Bonchev–Trinajstić information content (AvgIpc) is 2.11. The zero-order valence-corrected chi connectivity index (χ0v) is 9.47. The molecule has 1 N–H and O–H groups in total. The first-order chi connectivity index (χ1) is 6.13. The smallest absolute Gasteiger partial charge is 0.139 e. The summed E-state index contributed by atoms with van der Waals surface area (Å²) in [6, 6.07) is 5.35. The van der Waals surface area contributed by atoms with Gasteiger partial charge in [0.25, 0.3) is 0 Å². The Morgan fingerprint density at radius 2 is 2.31 bits per heavy atom. The lowest BCUT2D eigenvalue weighted by Gasteiger charge is -2.13. The monoisotopic (exact) mass is 264 g/mol. The fraction of sp³-hybridized carbons (Fsp3) is 0.333. The van der Waals surface area contributed by atoms with Gasteiger partial charge >= 0.3 is 0 Å². The number of aliphatic hydroxyl groups is 1. The topological polar surface area (TPSA) is 29.5 Å². The first-order valence-corrected chi connectivity index (χ1v) is 5.03. The Labute approximate surface area is 90.6 Å². The predicted octanol–water partition coefficient (Wildman–Crippen LogP) is 2.86. The van der Waals surface area contributed by atoms with Crippen LogP contribution in [0.2, 0.25) is 5.02 Å². The van der Waals surface area contributed by atoms with E-state index in [9.17, 15) is 0 Å². The Balaban J connectivity index is 2.81. The van der Waals surface area contributed by atoms with E-state index in [4.69, 9.17) is 21.4 Å². The van der Waals surface area contributed by atoms with Crippen molar-refractivity contribution in [2.45, 2.75) is 13.0 Å². The van der Waals surface area contributed by atoms with Gasteiger partial charge in [0.1, 0.15) is 11.9 Å². The van der Waals surface area contributed by atoms with Crippen LogP contribution in [-0.2, 0) is 0 Å². The predicted molar refractivity (Wildman–Crippen MR) is 56.3 cm³/mol. The fourth-order valence-electron chi connectivity index (χ4n) is 0.822. The van der Waals surface area contributed by atoms with Crippen molar-refractivity contribution in [2.75, 3.05) is 6.61 Å². The Hall–Kier alpha value is -0.250. The van der Waals surface area contributed by atoms with Crippen molar-refractivity contribution >= 4 is 27.5 Å². The lowest BCUT2D eigenvalue weighted by atomic mass is 10.3. The molecular weight excluding hydrogens is 255 g/mol. The van der Waals surface area contributed by atoms with Gasteiger partial charge in [-0.3, -0.25) is 0 Å². The summed E-state index contributed by atoms with van der Waals surface area (Å²) in [5.41, 5.74) is 0. The van der Waals surface area contributed by atoms with Crippen molar-refractivity contribution in [2.24, 2.45) is 0 Å². The van der Waals surface area contributed by atoms with Gasteiger partial charge in [-0.1, -0.05) is 27.5 Å². The van der Waals surface area contributed by atoms with Crippen LogP contribution in [0.25, 0.3) is 0 Å². The normalized spacial score (nSPS) is 12.6. The summed E-state index contributed by atoms with van der Waals surface area (Å²) in [6.07, 6.45) is -0.244. The van der Waals surface area contributed by atoms with Crippen LogP contribution >= 0.6 is 27.5 Å². The number of halogens is 2. The van der Waals surface area contributed by atoms with E-state index in [0.717, 1.165) is 4.47 Å². The van der Waals surface area contributed by atoms with E-state index in [2.05, 4.69) is 15.9 Å². The van der Waals surface area contributed by atoms with Crippen LogP contribution in [0.3, 0.4) is 0 Å². The Morgan fingerprint density at radius 1 is 1.62 bits per heavy atom. The number of aliphatic hydroxyl groups excluding tert-OH is 1. The Bertz CT molecular complexity index is 291. The van der Waals surface area contributed by atoms with Crippen molar-refractivity contribution in [1.82, 2.24) is 0 Å². The van der Waals surface area contributed by atoms with Gasteiger partial charge in [-0.15, -0.1) is 0 Å². The molecule has 0 radical (unpaired) electrons. The Kier molecular flexibility index (Phi) is 4.03. The van der Waals surface area contributed by atoms with Crippen molar-refractivity contribution in [1.29, 1.82) is 0 Å². The molecule has 0 spiro atoms. The summed E-state index contributed by atoms with van der Waals surface area (Å²) < 4.78 is 6.26. The maximum atomic E-state index is 8.78. The van der Waals surface area contributed by atoms with Gasteiger partial charge in [-0.05, 0) is 25.1 Å². The standard InChI is InChI=1S/C9H10BrClO2/c1-6(5-12)13-9-4-7(10)2-3-8(9)11/h2-4,6,12H,5H2,1H3. The van der Waals surface area contributed by atoms with Crippen molar-refractivity contribution in [3.63, 3.8) is 0 Å². The van der Waals surface area contributed by atoms with Crippen LogP contribution in [0.15, 0.2) is 22.7 Å². The van der Waals surface area contributed by atoms with Crippen LogP contribution in [0.4, 0.5) is 0 Å². The quantitative estimate of drug-likeness (QED) is 0.911. The van der Waals surface area contributed by atoms with Gasteiger partial charge in [-0.2, -0.15) is 0 Å². The van der Waals surface area contributed by atoms with Crippen LogP contribution in [0, 0.1) is 0 Å². The molecule has 1 aromatic rings. The molecule has 0 bridgehead atoms. The molecule has 0 aliphatic heterocycles. The number of benzene rings is 1. The van der Waals surface area contributed by atoms with Gasteiger partial charge in [0.2, 0.25) is 0 Å². The zero-order valence-electron chi connectivity index (χ0n) is 7.13. The first kappa shape index (κ1) is 10.8. The SMILES string of the molecule is CC(CO)Oc1cc(Br)ccc1Cl. The number of ether oxygens (including phenoxy) is 1.